The fourth-order valence-corrected chi connectivity index (χ4v) is 5.41. The van der Waals surface area contributed by atoms with E-state index in [1.54, 1.807) is 18.2 Å². The lowest BCUT2D eigenvalue weighted by Crippen LogP contribution is -2.48. The van der Waals surface area contributed by atoms with Gasteiger partial charge in [0.25, 0.3) is 5.91 Å². The summed E-state index contributed by atoms with van der Waals surface area (Å²) in [6, 6.07) is 9.66. The Bertz CT molecular complexity index is 1030. The molecule has 2 aromatic carbocycles. The van der Waals surface area contributed by atoms with Crippen LogP contribution in [0.2, 0.25) is 0 Å². The minimum absolute atomic E-state index is 0.0185. The third-order valence-corrected chi connectivity index (χ3v) is 7.15. The van der Waals surface area contributed by atoms with Gasteiger partial charge in [-0.3, -0.25) is 4.79 Å². The van der Waals surface area contributed by atoms with E-state index in [0.29, 0.717) is 18.2 Å². The maximum Gasteiger partial charge on any atom is 0.342 e. The number of fused-ring (bicyclic) bond motifs is 1. The summed E-state index contributed by atoms with van der Waals surface area (Å²) in [4.78, 5) is 26.7. The number of phenols is 1. The first kappa shape index (κ1) is 21.1. The van der Waals surface area contributed by atoms with E-state index >= 15 is 0 Å². The number of rotatable bonds is 6. The van der Waals surface area contributed by atoms with Crippen LogP contribution in [0.5, 0.6) is 5.75 Å². The normalized spacial score (nSPS) is 19.0. The molecule has 0 aliphatic carbocycles. The molecule has 1 saturated heterocycles. The van der Waals surface area contributed by atoms with Crippen molar-refractivity contribution in [1.82, 2.24) is 4.90 Å². The summed E-state index contributed by atoms with van der Waals surface area (Å²) >= 11 is 0. The number of phenolic OH excluding ortho intramolecular Hbond substituents is 1. The zero-order valence-electron chi connectivity index (χ0n) is 16.5. The maximum absolute atomic E-state index is 12.8. The minimum Gasteiger partial charge on any atom is -0.506 e. The fraction of sp³-hybridized carbons (Fsp3) is 0.429. The van der Waals surface area contributed by atoms with Gasteiger partial charge in [0, 0.05) is 17.5 Å². The number of hydrogen-bond donors (Lipinski definition) is 1. The summed E-state index contributed by atoms with van der Waals surface area (Å²) < 4.78 is 28.8. The Morgan fingerprint density at radius 3 is 2.62 bits per heavy atom. The Labute approximate surface area is 170 Å². The van der Waals surface area contributed by atoms with E-state index < -0.39 is 34.4 Å². The van der Waals surface area contributed by atoms with Crippen LogP contribution in [0.4, 0.5) is 0 Å². The van der Waals surface area contributed by atoms with E-state index in [0.717, 1.165) is 5.39 Å². The Hall–Kier alpha value is -2.61. The second-order valence-corrected chi connectivity index (χ2v) is 9.60. The molecule has 1 aliphatic heterocycles. The summed E-state index contributed by atoms with van der Waals surface area (Å²) in [5.41, 5.74) is -0.0185. The largest absolute Gasteiger partial charge is 0.506 e. The van der Waals surface area contributed by atoms with Crippen LogP contribution in [0.25, 0.3) is 10.8 Å². The van der Waals surface area contributed by atoms with Crippen LogP contribution in [-0.2, 0) is 19.4 Å². The molecule has 1 aliphatic rings. The Morgan fingerprint density at radius 1 is 1.24 bits per heavy atom. The van der Waals surface area contributed by atoms with Crippen LogP contribution in [0, 0.1) is 0 Å². The smallest absolute Gasteiger partial charge is 0.342 e. The molecule has 1 N–H and O–H groups in total. The zero-order chi connectivity index (χ0) is 21.2. The van der Waals surface area contributed by atoms with Crippen LogP contribution >= 0.6 is 0 Å². The molecule has 1 heterocycles. The van der Waals surface area contributed by atoms with Crippen molar-refractivity contribution in [3.05, 3.63) is 42.0 Å². The predicted octanol–water partition coefficient (Wildman–Crippen LogP) is 2.52. The van der Waals surface area contributed by atoms with Gasteiger partial charge < -0.3 is 14.7 Å². The molecule has 3 rings (SSSR count). The highest BCUT2D eigenvalue weighted by molar-refractivity contribution is 7.91. The highest BCUT2D eigenvalue weighted by atomic mass is 32.2. The first-order chi connectivity index (χ1) is 13.7. The number of esters is 1. The molecule has 0 saturated carbocycles. The van der Waals surface area contributed by atoms with E-state index in [1.165, 1.54) is 11.0 Å². The quantitative estimate of drug-likeness (QED) is 0.722. The van der Waals surface area contributed by atoms with Crippen molar-refractivity contribution in [1.29, 1.82) is 0 Å². The number of hydrogen-bond acceptors (Lipinski definition) is 6. The molecule has 0 spiro atoms. The van der Waals surface area contributed by atoms with Gasteiger partial charge in [-0.15, -0.1) is 0 Å². The van der Waals surface area contributed by atoms with Crippen molar-refractivity contribution < 1.29 is 27.9 Å². The van der Waals surface area contributed by atoms with Crippen LogP contribution < -0.4 is 0 Å². The monoisotopic (exact) mass is 419 g/mol. The van der Waals surface area contributed by atoms with Gasteiger partial charge in [-0.2, -0.15) is 0 Å². The number of carbonyl (C=O) groups is 2. The van der Waals surface area contributed by atoms with Crippen molar-refractivity contribution in [3.8, 4) is 5.75 Å². The molecule has 0 radical (unpaired) electrons. The number of carbonyl (C=O) groups excluding carboxylic acids is 2. The Balaban J connectivity index is 1.73. The van der Waals surface area contributed by atoms with Crippen molar-refractivity contribution >= 4 is 32.5 Å². The van der Waals surface area contributed by atoms with Gasteiger partial charge in [0.05, 0.1) is 11.5 Å². The predicted molar refractivity (Wildman–Crippen MR) is 110 cm³/mol. The summed E-state index contributed by atoms with van der Waals surface area (Å²) in [7, 11) is -3.15. The van der Waals surface area contributed by atoms with E-state index in [-0.39, 0.29) is 28.9 Å². The van der Waals surface area contributed by atoms with Gasteiger partial charge in [-0.05, 0) is 31.2 Å². The molecule has 7 nitrogen and oxygen atoms in total. The van der Waals surface area contributed by atoms with Crippen molar-refractivity contribution in [3.63, 3.8) is 0 Å². The second kappa shape index (κ2) is 8.41. The van der Waals surface area contributed by atoms with Gasteiger partial charge in [-0.25, -0.2) is 13.2 Å². The topological polar surface area (TPSA) is 101 Å². The Kier molecular flexibility index (Phi) is 6.12. The summed E-state index contributed by atoms with van der Waals surface area (Å²) in [5.74, 6) is -1.44. The lowest BCUT2D eigenvalue weighted by Gasteiger charge is -2.33. The molecule has 2 aromatic rings. The first-order valence-corrected chi connectivity index (χ1v) is 11.4. The third kappa shape index (κ3) is 4.53. The molecule has 2 atom stereocenters. The van der Waals surface area contributed by atoms with Crippen LogP contribution in [-0.4, -0.2) is 60.5 Å². The van der Waals surface area contributed by atoms with Crippen LogP contribution in [0.3, 0.4) is 0 Å². The summed E-state index contributed by atoms with van der Waals surface area (Å²) in [6.45, 7) is 3.25. The highest BCUT2D eigenvalue weighted by Crippen LogP contribution is 2.29. The van der Waals surface area contributed by atoms with Crippen LogP contribution in [0.1, 0.15) is 37.0 Å². The van der Waals surface area contributed by atoms with Gasteiger partial charge >= 0.3 is 5.97 Å². The standard InChI is InChI=1S/C21H25NO6S/c1-3-14(2)22(16-10-11-29(26,27)13-16)19(23)12-28-21(25)18-9-8-15-6-4-5-7-17(15)20(18)24/h4-9,14,16,24H,3,10-13H2,1-2H3/t14-,16-/m1/s1. The molecule has 1 amide bonds. The van der Waals surface area contributed by atoms with Gasteiger partial charge in [-0.1, -0.05) is 37.3 Å². The molecular weight excluding hydrogens is 394 g/mol. The van der Waals surface area contributed by atoms with Gasteiger partial charge in [0.2, 0.25) is 0 Å². The molecule has 0 bridgehead atoms. The number of amides is 1. The van der Waals surface area contributed by atoms with Crippen molar-refractivity contribution in [2.45, 2.75) is 38.8 Å². The zero-order valence-corrected chi connectivity index (χ0v) is 17.3. The average Bonchev–Trinajstić information content (AvgIpc) is 3.05. The molecular formula is C21H25NO6S. The molecule has 29 heavy (non-hydrogen) atoms. The average molecular weight is 419 g/mol. The minimum atomic E-state index is -3.15. The molecule has 0 aromatic heterocycles. The second-order valence-electron chi connectivity index (χ2n) is 7.37. The lowest BCUT2D eigenvalue weighted by molar-refractivity contribution is -0.138. The fourth-order valence-electron chi connectivity index (χ4n) is 3.70. The molecule has 1 fully saturated rings. The number of aromatic hydroxyl groups is 1. The Morgan fingerprint density at radius 2 is 1.97 bits per heavy atom. The maximum atomic E-state index is 12.8. The van der Waals surface area contributed by atoms with Crippen molar-refractivity contribution in [2.75, 3.05) is 18.1 Å². The third-order valence-electron chi connectivity index (χ3n) is 5.40. The van der Waals surface area contributed by atoms with E-state index in [2.05, 4.69) is 0 Å². The van der Waals surface area contributed by atoms with E-state index in [9.17, 15) is 23.1 Å². The van der Waals surface area contributed by atoms with E-state index in [1.807, 2.05) is 26.0 Å². The molecule has 0 unspecified atom stereocenters. The number of nitrogens with zero attached hydrogens (tertiary/aromatic N) is 1. The number of sulfone groups is 1. The SMILES string of the molecule is CC[C@@H](C)N(C(=O)COC(=O)c1ccc2ccccc2c1O)[C@@H]1CCS(=O)(=O)C1. The molecule has 156 valence electrons. The summed E-state index contributed by atoms with van der Waals surface area (Å²) in [6.07, 6.45) is 1.04. The molecule has 8 heteroatoms. The highest BCUT2D eigenvalue weighted by Gasteiger charge is 2.36. The van der Waals surface area contributed by atoms with Gasteiger partial charge in [0.1, 0.15) is 11.3 Å². The lowest BCUT2D eigenvalue weighted by atomic mass is 10.1. The van der Waals surface area contributed by atoms with Crippen molar-refractivity contribution in [2.24, 2.45) is 0 Å². The van der Waals surface area contributed by atoms with E-state index in [4.69, 9.17) is 4.74 Å². The number of ether oxygens (including phenoxy) is 1. The first-order valence-electron chi connectivity index (χ1n) is 9.63. The van der Waals surface area contributed by atoms with Gasteiger partial charge in [0.15, 0.2) is 16.4 Å². The summed E-state index contributed by atoms with van der Waals surface area (Å²) in [5, 5.41) is 11.7. The van der Waals surface area contributed by atoms with Crippen LogP contribution in [0.15, 0.2) is 36.4 Å². The number of benzene rings is 2.